The molecule has 16 heavy (non-hydrogen) atoms. The molecule has 1 unspecified atom stereocenters. The Kier molecular flexibility index (Phi) is 2.88. The number of carbonyl (C=O) groups is 1. The van der Waals surface area contributed by atoms with Gasteiger partial charge in [0.05, 0.1) is 0 Å². The van der Waals surface area contributed by atoms with Crippen LogP contribution in [-0.2, 0) is 4.79 Å². The van der Waals surface area contributed by atoms with Crippen molar-refractivity contribution in [2.45, 2.75) is 44.6 Å². The fourth-order valence-electron chi connectivity index (χ4n) is 3.30. The van der Waals surface area contributed by atoms with Crippen molar-refractivity contribution in [2.24, 2.45) is 17.8 Å². The van der Waals surface area contributed by atoms with Gasteiger partial charge in [0.2, 0.25) is 5.91 Å². The van der Waals surface area contributed by atoms with E-state index in [0.29, 0.717) is 17.9 Å². The number of fused-ring (bicyclic) bond motifs is 1. The molecule has 3 fully saturated rings. The van der Waals surface area contributed by atoms with Gasteiger partial charge in [-0.15, -0.1) is 0 Å². The molecule has 3 aliphatic rings. The van der Waals surface area contributed by atoms with E-state index >= 15 is 0 Å². The van der Waals surface area contributed by atoms with E-state index in [-0.39, 0.29) is 0 Å². The van der Waals surface area contributed by atoms with Crippen LogP contribution < -0.4 is 10.6 Å². The monoisotopic (exact) mass is 222 g/mol. The fourth-order valence-corrected chi connectivity index (χ4v) is 3.30. The van der Waals surface area contributed by atoms with Gasteiger partial charge >= 0.3 is 0 Å². The average Bonchev–Trinajstić information content (AvgIpc) is 2.95. The quantitative estimate of drug-likeness (QED) is 0.755. The molecule has 3 heteroatoms. The Hall–Kier alpha value is -0.570. The summed E-state index contributed by atoms with van der Waals surface area (Å²) in [5.74, 6) is 2.72. The van der Waals surface area contributed by atoms with E-state index in [0.717, 1.165) is 18.3 Å². The number of hydrogen-bond acceptors (Lipinski definition) is 2. The highest BCUT2D eigenvalue weighted by atomic mass is 16.1. The highest BCUT2D eigenvalue weighted by Gasteiger charge is 2.34. The SMILES string of the molecule is O=C(CC1CC1)NC1CC[C@H]2CNC[C@H]2C1. The van der Waals surface area contributed by atoms with E-state index in [9.17, 15) is 4.79 Å². The molecule has 0 bridgehead atoms. The van der Waals surface area contributed by atoms with E-state index < -0.39 is 0 Å². The second-order valence-electron chi connectivity index (χ2n) is 5.90. The van der Waals surface area contributed by atoms with Crippen molar-refractivity contribution in [3.8, 4) is 0 Å². The second kappa shape index (κ2) is 4.36. The highest BCUT2D eigenvalue weighted by Crippen LogP contribution is 2.34. The summed E-state index contributed by atoms with van der Waals surface area (Å²) in [4.78, 5) is 11.7. The van der Waals surface area contributed by atoms with E-state index in [1.165, 1.54) is 45.2 Å². The zero-order valence-corrected chi connectivity index (χ0v) is 9.87. The van der Waals surface area contributed by atoms with E-state index in [1.807, 2.05) is 0 Å². The molecule has 90 valence electrons. The number of amides is 1. The maximum atomic E-state index is 11.7. The summed E-state index contributed by atoms with van der Waals surface area (Å²) < 4.78 is 0. The highest BCUT2D eigenvalue weighted by molar-refractivity contribution is 5.76. The molecule has 0 aromatic heterocycles. The summed E-state index contributed by atoms with van der Waals surface area (Å²) in [6, 6.07) is 0.465. The number of hydrogen-bond donors (Lipinski definition) is 2. The lowest BCUT2D eigenvalue weighted by Gasteiger charge is -2.31. The first-order chi connectivity index (χ1) is 7.81. The Morgan fingerprint density at radius 1 is 1.12 bits per heavy atom. The van der Waals surface area contributed by atoms with Crippen molar-refractivity contribution in [3.05, 3.63) is 0 Å². The summed E-state index contributed by atoms with van der Waals surface area (Å²) in [6.07, 6.45) is 7.02. The molecule has 3 atom stereocenters. The smallest absolute Gasteiger partial charge is 0.220 e. The van der Waals surface area contributed by atoms with Crippen molar-refractivity contribution in [2.75, 3.05) is 13.1 Å². The van der Waals surface area contributed by atoms with Gasteiger partial charge in [0, 0.05) is 12.5 Å². The zero-order valence-electron chi connectivity index (χ0n) is 9.87. The van der Waals surface area contributed by atoms with Crippen molar-refractivity contribution < 1.29 is 4.79 Å². The lowest BCUT2D eigenvalue weighted by molar-refractivity contribution is -0.122. The molecule has 0 aromatic carbocycles. The summed E-state index contributed by atoms with van der Waals surface area (Å²) in [6.45, 7) is 2.37. The molecule has 1 saturated heterocycles. The Morgan fingerprint density at radius 3 is 2.75 bits per heavy atom. The molecule has 3 rings (SSSR count). The van der Waals surface area contributed by atoms with Crippen LogP contribution in [0.25, 0.3) is 0 Å². The van der Waals surface area contributed by atoms with Crippen LogP contribution in [0.2, 0.25) is 0 Å². The van der Waals surface area contributed by atoms with Crippen LogP contribution in [0.1, 0.15) is 38.5 Å². The Labute approximate surface area is 97.4 Å². The Bertz CT molecular complexity index is 275. The molecule has 1 aliphatic heterocycles. The van der Waals surface area contributed by atoms with Crippen LogP contribution in [0.4, 0.5) is 0 Å². The van der Waals surface area contributed by atoms with Gasteiger partial charge in [-0.05, 0) is 62.9 Å². The van der Waals surface area contributed by atoms with Crippen LogP contribution >= 0.6 is 0 Å². The molecule has 2 aliphatic carbocycles. The van der Waals surface area contributed by atoms with Crippen molar-refractivity contribution >= 4 is 5.91 Å². The largest absolute Gasteiger partial charge is 0.353 e. The third-order valence-corrected chi connectivity index (χ3v) is 4.49. The minimum atomic E-state index is 0.303. The fraction of sp³-hybridized carbons (Fsp3) is 0.923. The minimum Gasteiger partial charge on any atom is -0.353 e. The van der Waals surface area contributed by atoms with Gasteiger partial charge in [-0.3, -0.25) is 4.79 Å². The van der Waals surface area contributed by atoms with Gasteiger partial charge in [0.1, 0.15) is 0 Å². The molecule has 1 heterocycles. The summed E-state index contributed by atoms with van der Waals surface area (Å²) >= 11 is 0. The van der Waals surface area contributed by atoms with Gasteiger partial charge in [0.25, 0.3) is 0 Å². The summed E-state index contributed by atoms with van der Waals surface area (Å²) in [7, 11) is 0. The topological polar surface area (TPSA) is 41.1 Å². The van der Waals surface area contributed by atoms with Crippen molar-refractivity contribution in [1.29, 1.82) is 0 Å². The van der Waals surface area contributed by atoms with Crippen molar-refractivity contribution in [3.63, 3.8) is 0 Å². The lowest BCUT2D eigenvalue weighted by Crippen LogP contribution is -2.40. The van der Waals surface area contributed by atoms with E-state index in [4.69, 9.17) is 0 Å². The third kappa shape index (κ3) is 2.40. The molecule has 2 N–H and O–H groups in total. The number of nitrogens with one attached hydrogen (secondary N) is 2. The molecular formula is C13H22N2O. The van der Waals surface area contributed by atoms with E-state index in [2.05, 4.69) is 10.6 Å². The van der Waals surface area contributed by atoms with Crippen LogP contribution in [0.3, 0.4) is 0 Å². The minimum absolute atomic E-state index is 0.303. The lowest BCUT2D eigenvalue weighted by atomic mass is 9.79. The predicted octanol–water partition coefficient (Wildman–Crippen LogP) is 1.29. The summed E-state index contributed by atoms with van der Waals surface area (Å²) in [5.41, 5.74) is 0. The third-order valence-electron chi connectivity index (χ3n) is 4.49. The maximum absolute atomic E-state index is 11.7. The first kappa shape index (κ1) is 10.6. The van der Waals surface area contributed by atoms with Gasteiger partial charge in [-0.1, -0.05) is 0 Å². The standard InChI is InChI=1S/C13H22N2O/c16-13(5-9-1-2-9)15-12-4-3-10-7-14-8-11(10)6-12/h9-12,14H,1-8H2,(H,15,16)/t10-,11+,12?/m0/s1. The zero-order chi connectivity index (χ0) is 11.0. The number of carbonyl (C=O) groups excluding carboxylic acids is 1. The molecule has 2 saturated carbocycles. The maximum Gasteiger partial charge on any atom is 0.220 e. The predicted molar refractivity (Wildman–Crippen MR) is 63.0 cm³/mol. The second-order valence-corrected chi connectivity index (χ2v) is 5.90. The van der Waals surface area contributed by atoms with E-state index in [1.54, 1.807) is 0 Å². The van der Waals surface area contributed by atoms with Crippen molar-refractivity contribution in [1.82, 2.24) is 10.6 Å². The Balaban J connectivity index is 1.46. The van der Waals surface area contributed by atoms with Gasteiger partial charge in [-0.25, -0.2) is 0 Å². The summed E-state index contributed by atoms with van der Waals surface area (Å²) in [5, 5.41) is 6.70. The molecule has 1 amide bonds. The van der Waals surface area contributed by atoms with Gasteiger partial charge in [-0.2, -0.15) is 0 Å². The molecule has 3 nitrogen and oxygen atoms in total. The Morgan fingerprint density at radius 2 is 1.94 bits per heavy atom. The molecule has 0 aromatic rings. The van der Waals surface area contributed by atoms with Gasteiger partial charge < -0.3 is 10.6 Å². The number of rotatable bonds is 3. The molecule has 0 radical (unpaired) electrons. The van der Waals surface area contributed by atoms with Crippen LogP contribution in [-0.4, -0.2) is 25.0 Å². The first-order valence-electron chi connectivity index (χ1n) is 6.81. The van der Waals surface area contributed by atoms with Crippen LogP contribution in [0.15, 0.2) is 0 Å². The van der Waals surface area contributed by atoms with Crippen LogP contribution in [0.5, 0.6) is 0 Å². The first-order valence-corrected chi connectivity index (χ1v) is 6.81. The van der Waals surface area contributed by atoms with Gasteiger partial charge in [0.15, 0.2) is 0 Å². The normalized spacial score (nSPS) is 38.1. The van der Waals surface area contributed by atoms with Crippen LogP contribution in [0, 0.1) is 17.8 Å². The average molecular weight is 222 g/mol. The molecule has 0 spiro atoms. The molecular weight excluding hydrogens is 200 g/mol.